The zero-order valence-corrected chi connectivity index (χ0v) is 14.2. The van der Waals surface area contributed by atoms with Crippen molar-refractivity contribution in [2.45, 2.75) is 19.1 Å². The lowest BCUT2D eigenvalue weighted by molar-refractivity contribution is 0.0975. The van der Waals surface area contributed by atoms with Crippen LogP contribution in [-0.2, 0) is 11.3 Å². The highest BCUT2D eigenvalue weighted by Crippen LogP contribution is 2.30. The average molecular weight is 350 g/mol. The van der Waals surface area contributed by atoms with Gasteiger partial charge in [-0.15, -0.1) is 0 Å². The Bertz CT molecular complexity index is 978. The molecule has 2 aliphatic rings. The van der Waals surface area contributed by atoms with Crippen LogP contribution in [0.25, 0.3) is 11.0 Å². The highest BCUT2D eigenvalue weighted by molar-refractivity contribution is 6.07. The van der Waals surface area contributed by atoms with Crippen LogP contribution in [0.15, 0.2) is 42.6 Å². The molecule has 7 nitrogen and oxygen atoms in total. The molecule has 1 fully saturated rings. The number of hydrogen-bond acceptors (Lipinski definition) is 5. The van der Waals surface area contributed by atoms with Crippen LogP contribution in [0.3, 0.4) is 0 Å². The zero-order chi connectivity index (χ0) is 17.5. The minimum Gasteiger partial charge on any atom is -0.471 e. The molecule has 1 saturated heterocycles. The number of fused-ring (bicyclic) bond motifs is 3. The van der Waals surface area contributed by atoms with E-state index < -0.39 is 0 Å². The van der Waals surface area contributed by atoms with E-state index in [2.05, 4.69) is 14.5 Å². The number of carbonyl (C=O) groups is 1. The fourth-order valence-corrected chi connectivity index (χ4v) is 3.54. The van der Waals surface area contributed by atoms with Gasteiger partial charge in [-0.25, -0.2) is 9.97 Å². The first-order valence-corrected chi connectivity index (χ1v) is 8.78. The van der Waals surface area contributed by atoms with Gasteiger partial charge in [0.1, 0.15) is 11.7 Å². The summed E-state index contributed by atoms with van der Waals surface area (Å²) in [5.74, 6) is 0.902. The van der Waals surface area contributed by atoms with E-state index in [4.69, 9.17) is 9.47 Å². The molecule has 1 atom stereocenters. The van der Waals surface area contributed by atoms with Gasteiger partial charge >= 0.3 is 0 Å². The molecule has 26 heavy (non-hydrogen) atoms. The van der Waals surface area contributed by atoms with Gasteiger partial charge in [0.25, 0.3) is 5.91 Å². The third kappa shape index (κ3) is 2.43. The van der Waals surface area contributed by atoms with Crippen molar-refractivity contribution in [3.63, 3.8) is 0 Å². The molecule has 132 valence electrons. The number of carbonyl (C=O) groups excluding carboxylic acids is 1. The lowest BCUT2D eigenvalue weighted by Gasteiger charge is -2.17. The number of amides is 1. The van der Waals surface area contributed by atoms with Crippen molar-refractivity contribution >= 4 is 22.9 Å². The van der Waals surface area contributed by atoms with Crippen molar-refractivity contribution in [1.29, 1.82) is 0 Å². The van der Waals surface area contributed by atoms with Crippen LogP contribution in [0.2, 0.25) is 0 Å². The Kier molecular flexibility index (Phi) is 3.60. The number of hydrogen-bond donors (Lipinski definition) is 0. The first-order chi connectivity index (χ1) is 12.8. The molecule has 0 bridgehead atoms. The van der Waals surface area contributed by atoms with Gasteiger partial charge in [-0.2, -0.15) is 0 Å². The van der Waals surface area contributed by atoms with Crippen LogP contribution >= 0.6 is 0 Å². The van der Waals surface area contributed by atoms with Gasteiger partial charge in [-0.3, -0.25) is 9.69 Å². The molecule has 0 spiro atoms. The van der Waals surface area contributed by atoms with E-state index in [0.29, 0.717) is 37.2 Å². The van der Waals surface area contributed by atoms with Crippen LogP contribution in [0.1, 0.15) is 16.8 Å². The minimum atomic E-state index is -0.138. The van der Waals surface area contributed by atoms with E-state index in [0.717, 1.165) is 24.0 Å². The maximum atomic E-state index is 13.2. The summed E-state index contributed by atoms with van der Waals surface area (Å²) in [7, 11) is 0. The Morgan fingerprint density at radius 3 is 3.00 bits per heavy atom. The minimum absolute atomic E-state index is 0.0559. The highest BCUT2D eigenvalue weighted by atomic mass is 16.5. The molecular formula is C19H18N4O3. The van der Waals surface area contributed by atoms with E-state index in [1.54, 1.807) is 23.2 Å². The molecule has 0 saturated carbocycles. The number of rotatable bonds is 3. The van der Waals surface area contributed by atoms with Gasteiger partial charge in [0.15, 0.2) is 0 Å². The number of para-hydroxylation sites is 2. The van der Waals surface area contributed by atoms with Crippen molar-refractivity contribution in [1.82, 2.24) is 14.5 Å². The molecule has 2 aliphatic heterocycles. The summed E-state index contributed by atoms with van der Waals surface area (Å²) in [4.78, 5) is 23.8. The third-order valence-electron chi connectivity index (χ3n) is 4.84. The van der Waals surface area contributed by atoms with Gasteiger partial charge in [-0.05, 0) is 24.3 Å². The quantitative estimate of drug-likeness (QED) is 0.725. The van der Waals surface area contributed by atoms with Crippen LogP contribution in [-0.4, -0.2) is 46.3 Å². The van der Waals surface area contributed by atoms with Crippen molar-refractivity contribution in [3.8, 4) is 5.88 Å². The van der Waals surface area contributed by atoms with Gasteiger partial charge in [0.2, 0.25) is 11.8 Å². The molecule has 0 N–H and O–H groups in total. The van der Waals surface area contributed by atoms with Crippen LogP contribution in [0, 0.1) is 0 Å². The number of aromatic nitrogens is 3. The Morgan fingerprint density at radius 1 is 1.19 bits per heavy atom. The molecule has 3 aromatic rings. The number of nitrogens with zero attached hydrogens (tertiary/aromatic N) is 4. The fourth-order valence-electron chi connectivity index (χ4n) is 3.54. The van der Waals surface area contributed by atoms with Gasteiger partial charge < -0.3 is 14.0 Å². The summed E-state index contributed by atoms with van der Waals surface area (Å²) in [6.45, 7) is 2.53. The summed E-state index contributed by atoms with van der Waals surface area (Å²) in [5, 5.41) is 0. The largest absolute Gasteiger partial charge is 0.471 e. The van der Waals surface area contributed by atoms with Crippen molar-refractivity contribution in [3.05, 3.63) is 48.2 Å². The second-order valence-electron chi connectivity index (χ2n) is 6.47. The highest BCUT2D eigenvalue weighted by Gasteiger charge is 2.31. The maximum Gasteiger partial charge on any atom is 0.266 e. The molecule has 7 heteroatoms. The van der Waals surface area contributed by atoms with E-state index in [1.165, 1.54) is 0 Å². The Hall–Kier alpha value is -2.93. The lowest BCUT2D eigenvalue weighted by Crippen LogP contribution is -2.30. The first-order valence-electron chi connectivity index (χ1n) is 8.78. The predicted octanol–water partition coefficient (Wildman–Crippen LogP) is 2.26. The van der Waals surface area contributed by atoms with E-state index in [9.17, 15) is 4.79 Å². The number of ether oxygens (including phenoxy) is 2. The second-order valence-corrected chi connectivity index (χ2v) is 6.47. The van der Waals surface area contributed by atoms with Gasteiger partial charge in [-0.1, -0.05) is 12.1 Å². The van der Waals surface area contributed by atoms with Crippen molar-refractivity contribution < 1.29 is 14.3 Å². The van der Waals surface area contributed by atoms with Gasteiger partial charge in [0.05, 0.1) is 24.2 Å². The number of pyridine rings is 1. The summed E-state index contributed by atoms with van der Waals surface area (Å²) >= 11 is 0. The molecule has 0 unspecified atom stereocenters. The van der Waals surface area contributed by atoms with Crippen molar-refractivity contribution in [2.75, 3.05) is 24.7 Å². The van der Waals surface area contributed by atoms with E-state index >= 15 is 0 Å². The van der Waals surface area contributed by atoms with E-state index in [1.807, 2.05) is 24.3 Å². The molecule has 0 radical (unpaired) electrons. The second kappa shape index (κ2) is 6.10. The lowest BCUT2D eigenvalue weighted by atomic mass is 10.2. The first kappa shape index (κ1) is 15.3. The summed E-state index contributed by atoms with van der Waals surface area (Å²) in [5.41, 5.74) is 2.40. The number of anilines is 1. The molecule has 1 amide bonds. The van der Waals surface area contributed by atoms with E-state index in [-0.39, 0.29) is 12.0 Å². The predicted molar refractivity (Wildman–Crippen MR) is 95.5 cm³/mol. The molecule has 2 aromatic heterocycles. The summed E-state index contributed by atoms with van der Waals surface area (Å²) in [6, 6.07) is 11.4. The smallest absolute Gasteiger partial charge is 0.266 e. The summed E-state index contributed by atoms with van der Waals surface area (Å²) in [6.07, 6.45) is 2.39. The maximum absolute atomic E-state index is 13.2. The van der Waals surface area contributed by atoms with Crippen LogP contribution in [0.5, 0.6) is 5.88 Å². The Labute approximate surface area is 150 Å². The third-order valence-corrected chi connectivity index (χ3v) is 4.84. The van der Waals surface area contributed by atoms with Gasteiger partial charge in [0, 0.05) is 25.7 Å². The normalized spacial score (nSPS) is 19.1. The SMILES string of the molecule is O=C(c1cccnc1O[C@@H]1CCOC1)N1CCn2c1nc1ccccc12. The molecule has 5 rings (SSSR count). The topological polar surface area (TPSA) is 69.5 Å². The Morgan fingerprint density at radius 2 is 2.12 bits per heavy atom. The van der Waals surface area contributed by atoms with Crippen LogP contribution in [0.4, 0.5) is 5.95 Å². The summed E-state index contributed by atoms with van der Waals surface area (Å²) < 4.78 is 13.3. The fraction of sp³-hybridized carbons (Fsp3) is 0.316. The van der Waals surface area contributed by atoms with Crippen molar-refractivity contribution in [2.24, 2.45) is 0 Å². The molecule has 4 heterocycles. The zero-order valence-electron chi connectivity index (χ0n) is 14.2. The Balaban J connectivity index is 1.48. The molecule has 0 aliphatic carbocycles. The molecule has 1 aromatic carbocycles. The van der Waals surface area contributed by atoms with Crippen LogP contribution < -0.4 is 9.64 Å². The standard InChI is InChI=1S/C19H18N4O3/c24-18(14-4-3-8-20-17(14)26-13-7-11-25-12-13)23-10-9-22-16-6-2-1-5-15(16)21-19(22)23/h1-6,8,13H,7,9-12H2/t13-/m1/s1. The number of benzene rings is 1. The number of imidazole rings is 1. The average Bonchev–Trinajstić information content (AvgIpc) is 3.38. The monoisotopic (exact) mass is 350 g/mol. The molecular weight excluding hydrogens is 332 g/mol.